The molecule has 0 saturated heterocycles. The van der Waals surface area contributed by atoms with Crippen LogP contribution in [0.25, 0.3) is 0 Å². The highest BCUT2D eigenvalue weighted by molar-refractivity contribution is 5.31. The standard InChI is InChI=1S/C15H29N5O.C2H6/c16-5-6-17-7-8-18-9-10-19-11-12-20-13-14-3-1-2-4-15(14)21;1-2/h1-4,17-21H,5-13,16H2;1-2H3. The van der Waals surface area contributed by atoms with Crippen LogP contribution in [0.1, 0.15) is 19.4 Å². The maximum atomic E-state index is 9.61. The number of phenolic OH excluding ortho intramolecular Hbond substituents is 1. The van der Waals surface area contributed by atoms with Crippen LogP contribution < -0.4 is 27.0 Å². The molecule has 0 aliphatic carbocycles. The first-order valence-corrected chi connectivity index (χ1v) is 8.64. The van der Waals surface area contributed by atoms with Crippen LogP contribution in [0.5, 0.6) is 5.75 Å². The van der Waals surface area contributed by atoms with Crippen LogP contribution in [0.15, 0.2) is 24.3 Å². The first-order valence-electron chi connectivity index (χ1n) is 8.64. The molecule has 0 radical (unpaired) electrons. The van der Waals surface area contributed by atoms with Crippen molar-refractivity contribution in [1.82, 2.24) is 21.3 Å². The Hall–Kier alpha value is -1.18. The van der Waals surface area contributed by atoms with E-state index in [9.17, 15) is 5.11 Å². The van der Waals surface area contributed by atoms with Crippen molar-refractivity contribution in [2.75, 3.05) is 52.4 Å². The quantitative estimate of drug-likeness (QED) is 0.291. The SMILES string of the molecule is CC.NCCNCCNCCNCCNCc1ccccc1O. The van der Waals surface area contributed by atoms with Crippen LogP contribution in [0.3, 0.4) is 0 Å². The average molecular weight is 326 g/mol. The second-order valence-corrected chi connectivity index (χ2v) is 4.84. The number of aromatic hydroxyl groups is 1. The summed E-state index contributed by atoms with van der Waals surface area (Å²) in [7, 11) is 0. The van der Waals surface area contributed by atoms with Gasteiger partial charge in [-0.05, 0) is 6.07 Å². The lowest BCUT2D eigenvalue weighted by Gasteiger charge is -2.09. The van der Waals surface area contributed by atoms with Gasteiger partial charge in [-0.1, -0.05) is 32.0 Å². The zero-order valence-electron chi connectivity index (χ0n) is 14.7. The molecule has 1 aromatic rings. The Morgan fingerprint density at radius 2 is 1.26 bits per heavy atom. The fraction of sp³-hybridized carbons (Fsp3) is 0.647. The molecular formula is C17H35N5O. The van der Waals surface area contributed by atoms with E-state index in [0.717, 1.165) is 51.4 Å². The number of hydrogen-bond donors (Lipinski definition) is 6. The first-order chi connectivity index (χ1) is 11.3. The smallest absolute Gasteiger partial charge is 0.120 e. The summed E-state index contributed by atoms with van der Waals surface area (Å²) < 4.78 is 0. The topological polar surface area (TPSA) is 94.4 Å². The van der Waals surface area contributed by atoms with Gasteiger partial charge in [-0.3, -0.25) is 0 Å². The summed E-state index contributed by atoms with van der Waals surface area (Å²) in [5.74, 6) is 0.352. The molecular weight excluding hydrogens is 290 g/mol. The van der Waals surface area contributed by atoms with Gasteiger partial charge in [0.05, 0.1) is 0 Å². The van der Waals surface area contributed by atoms with Gasteiger partial charge >= 0.3 is 0 Å². The molecule has 0 aliphatic rings. The molecule has 0 amide bonds. The van der Waals surface area contributed by atoms with Crippen molar-refractivity contribution in [2.45, 2.75) is 20.4 Å². The van der Waals surface area contributed by atoms with Gasteiger partial charge in [-0.2, -0.15) is 0 Å². The van der Waals surface area contributed by atoms with E-state index in [-0.39, 0.29) is 0 Å². The average Bonchev–Trinajstić information content (AvgIpc) is 2.59. The highest BCUT2D eigenvalue weighted by Crippen LogP contribution is 2.14. The van der Waals surface area contributed by atoms with Gasteiger partial charge in [0, 0.05) is 64.5 Å². The number of rotatable bonds is 13. The molecule has 0 saturated carbocycles. The lowest BCUT2D eigenvalue weighted by molar-refractivity contribution is 0.464. The molecule has 0 fully saturated rings. The van der Waals surface area contributed by atoms with Crippen LogP contribution >= 0.6 is 0 Å². The van der Waals surface area contributed by atoms with Crippen LogP contribution in [0.2, 0.25) is 0 Å². The summed E-state index contributed by atoms with van der Waals surface area (Å²) in [4.78, 5) is 0. The summed E-state index contributed by atoms with van der Waals surface area (Å²) in [5.41, 5.74) is 6.32. The highest BCUT2D eigenvalue weighted by Gasteiger charge is 1.97. The summed E-state index contributed by atoms with van der Waals surface area (Å²) in [6.45, 7) is 11.9. The van der Waals surface area contributed by atoms with Crippen LogP contribution in [-0.2, 0) is 6.54 Å². The maximum absolute atomic E-state index is 9.61. The second kappa shape index (κ2) is 17.2. The molecule has 6 heteroatoms. The van der Waals surface area contributed by atoms with Gasteiger partial charge in [-0.25, -0.2) is 0 Å². The Labute approximate surface area is 141 Å². The van der Waals surface area contributed by atoms with E-state index in [0.29, 0.717) is 18.8 Å². The molecule has 1 aromatic carbocycles. The van der Waals surface area contributed by atoms with Crippen LogP contribution in [0, 0.1) is 0 Å². The summed E-state index contributed by atoms with van der Waals surface area (Å²) in [6, 6.07) is 7.41. The molecule has 0 aliphatic heterocycles. The number of benzene rings is 1. The number of nitrogens with one attached hydrogen (secondary N) is 4. The van der Waals surface area contributed by atoms with Crippen molar-refractivity contribution in [1.29, 1.82) is 0 Å². The third kappa shape index (κ3) is 13.0. The van der Waals surface area contributed by atoms with Gasteiger partial charge in [0.25, 0.3) is 0 Å². The monoisotopic (exact) mass is 325 g/mol. The molecule has 0 atom stereocenters. The Morgan fingerprint density at radius 1 is 0.783 bits per heavy atom. The Bertz CT molecular complexity index is 363. The molecule has 0 aromatic heterocycles. The van der Waals surface area contributed by atoms with Crippen molar-refractivity contribution in [3.63, 3.8) is 0 Å². The third-order valence-electron chi connectivity index (χ3n) is 3.06. The summed E-state index contributed by atoms with van der Waals surface area (Å²) in [5, 5.41) is 22.9. The minimum Gasteiger partial charge on any atom is -0.508 e. The van der Waals surface area contributed by atoms with Gasteiger partial charge in [0.15, 0.2) is 0 Å². The molecule has 7 N–H and O–H groups in total. The number of hydrogen-bond acceptors (Lipinski definition) is 6. The van der Waals surface area contributed by atoms with Crippen molar-refractivity contribution in [2.24, 2.45) is 5.73 Å². The predicted octanol–water partition coefficient (Wildman–Crippen LogP) is 0.236. The minimum atomic E-state index is 0.352. The van der Waals surface area contributed by atoms with E-state index < -0.39 is 0 Å². The normalized spacial score (nSPS) is 10.2. The lowest BCUT2D eigenvalue weighted by Crippen LogP contribution is -2.35. The molecule has 6 nitrogen and oxygen atoms in total. The molecule has 23 heavy (non-hydrogen) atoms. The van der Waals surface area contributed by atoms with Gasteiger partial charge in [0.1, 0.15) is 5.75 Å². The largest absolute Gasteiger partial charge is 0.508 e. The zero-order chi connectivity index (χ0) is 17.2. The van der Waals surface area contributed by atoms with Crippen molar-refractivity contribution >= 4 is 0 Å². The molecule has 0 heterocycles. The number of nitrogens with two attached hydrogens (primary N) is 1. The Morgan fingerprint density at radius 3 is 1.78 bits per heavy atom. The highest BCUT2D eigenvalue weighted by atomic mass is 16.3. The summed E-state index contributed by atoms with van der Waals surface area (Å²) in [6.07, 6.45) is 0. The van der Waals surface area contributed by atoms with E-state index in [1.54, 1.807) is 6.07 Å². The Kier molecular flexibility index (Phi) is 16.3. The number of phenols is 1. The van der Waals surface area contributed by atoms with Crippen molar-refractivity contribution in [3.05, 3.63) is 29.8 Å². The van der Waals surface area contributed by atoms with Gasteiger partial charge in [-0.15, -0.1) is 0 Å². The minimum absolute atomic E-state index is 0.352. The molecule has 0 bridgehead atoms. The first kappa shape index (κ1) is 21.8. The fourth-order valence-corrected chi connectivity index (χ4v) is 1.89. The Balaban J connectivity index is 0.00000232. The fourth-order valence-electron chi connectivity index (χ4n) is 1.89. The maximum Gasteiger partial charge on any atom is 0.120 e. The molecule has 0 spiro atoms. The van der Waals surface area contributed by atoms with Gasteiger partial charge in [0.2, 0.25) is 0 Å². The van der Waals surface area contributed by atoms with Gasteiger partial charge < -0.3 is 32.1 Å². The predicted molar refractivity (Wildman–Crippen MR) is 98.8 cm³/mol. The van der Waals surface area contributed by atoms with Crippen LogP contribution in [0.4, 0.5) is 0 Å². The summed E-state index contributed by atoms with van der Waals surface area (Å²) >= 11 is 0. The molecule has 1 rings (SSSR count). The van der Waals surface area contributed by atoms with Crippen LogP contribution in [-0.4, -0.2) is 57.5 Å². The second-order valence-electron chi connectivity index (χ2n) is 4.84. The molecule has 134 valence electrons. The van der Waals surface area contributed by atoms with E-state index in [4.69, 9.17) is 5.73 Å². The van der Waals surface area contributed by atoms with E-state index in [1.807, 2.05) is 32.0 Å². The third-order valence-corrected chi connectivity index (χ3v) is 3.06. The van der Waals surface area contributed by atoms with E-state index in [2.05, 4.69) is 21.3 Å². The van der Waals surface area contributed by atoms with E-state index >= 15 is 0 Å². The molecule has 0 unspecified atom stereocenters. The lowest BCUT2D eigenvalue weighted by atomic mass is 10.2. The zero-order valence-corrected chi connectivity index (χ0v) is 14.7. The van der Waals surface area contributed by atoms with E-state index in [1.165, 1.54) is 0 Å². The van der Waals surface area contributed by atoms with Crippen molar-refractivity contribution in [3.8, 4) is 5.75 Å². The number of para-hydroxylation sites is 1. The van der Waals surface area contributed by atoms with Crippen molar-refractivity contribution < 1.29 is 5.11 Å².